The largest absolute Gasteiger partial charge is 0.489 e. The van der Waals surface area contributed by atoms with Gasteiger partial charge in [-0.3, -0.25) is 0 Å². The van der Waals surface area contributed by atoms with Crippen molar-refractivity contribution < 1.29 is 9.47 Å². The van der Waals surface area contributed by atoms with Gasteiger partial charge in [-0.15, -0.1) is 0 Å². The van der Waals surface area contributed by atoms with Crippen molar-refractivity contribution in [2.24, 2.45) is 0 Å². The molecule has 1 aromatic heterocycles. The fraction of sp³-hybridized carbons (Fsp3) is 0.400. The highest BCUT2D eigenvalue weighted by Gasteiger charge is 2.10. The molecule has 102 valence electrons. The third-order valence-electron chi connectivity index (χ3n) is 2.84. The summed E-state index contributed by atoms with van der Waals surface area (Å²) in [6.07, 6.45) is 0.945. The van der Waals surface area contributed by atoms with Gasteiger partial charge in [0.15, 0.2) is 0 Å². The minimum Gasteiger partial charge on any atom is -0.489 e. The highest BCUT2D eigenvalue weighted by molar-refractivity contribution is 6.32. The summed E-state index contributed by atoms with van der Waals surface area (Å²) in [5, 5.41) is 1.61. The summed E-state index contributed by atoms with van der Waals surface area (Å²) in [5.41, 5.74) is 1.90. The van der Waals surface area contributed by atoms with Gasteiger partial charge in [0.25, 0.3) is 0 Å². The summed E-state index contributed by atoms with van der Waals surface area (Å²) in [4.78, 5) is 4.51. The Morgan fingerprint density at radius 2 is 2.00 bits per heavy atom. The van der Waals surface area contributed by atoms with Crippen molar-refractivity contribution in [1.29, 1.82) is 0 Å². The van der Waals surface area contributed by atoms with E-state index in [4.69, 9.17) is 21.1 Å². The molecule has 0 N–H and O–H groups in total. The maximum atomic E-state index is 6.23. The molecule has 0 fully saturated rings. The van der Waals surface area contributed by atoms with E-state index in [-0.39, 0.29) is 6.10 Å². The third-order valence-corrected chi connectivity index (χ3v) is 3.14. The number of nitrogens with zero attached hydrogens (tertiary/aromatic N) is 1. The van der Waals surface area contributed by atoms with E-state index in [1.807, 2.05) is 26.0 Å². The van der Waals surface area contributed by atoms with Crippen molar-refractivity contribution in [3.63, 3.8) is 0 Å². The van der Waals surface area contributed by atoms with Crippen molar-refractivity contribution in [1.82, 2.24) is 4.98 Å². The molecule has 0 aliphatic heterocycles. The maximum Gasteiger partial charge on any atom is 0.216 e. The molecule has 4 heteroatoms. The summed E-state index contributed by atoms with van der Waals surface area (Å²) in [7, 11) is 1.63. The smallest absolute Gasteiger partial charge is 0.216 e. The second-order valence-corrected chi connectivity index (χ2v) is 5.06. The van der Waals surface area contributed by atoms with E-state index in [1.54, 1.807) is 7.11 Å². The van der Waals surface area contributed by atoms with Gasteiger partial charge in [0.05, 0.1) is 23.8 Å². The van der Waals surface area contributed by atoms with Crippen molar-refractivity contribution in [2.75, 3.05) is 7.11 Å². The Kier molecular flexibility index (Phi) is 4.15. The first-order chi connectivity index (χ1) is 9.05. The maximum absolute atomic E-state index is 6.23. The molecular weight excluding hydrogens is 262 g/mol. The van der Waals surface area contributed by atoms with Crippen molar-refractivity contribution in [2.45, 2.75) is 33.3 Å². The number of pyridine rings is 1. The molecule has 0 saturated carbocycles. The summed E-state index contributed by atoms with van der Waals surface area (Å²) in [6, 6.07) is 5.81. The number of aryl methyl sites for hydroxylation is 1. The number of rotatable bonds is 4. The predicted octanol–water partition coefficient (Wildman–Crippen LogP) is 4.25. The number of aromatic nitrogens is 1. The van der Waals surface area contributed by atoms with Crippen LogP contribution in [0.5, 0.6) is 11.6 Å². The van der Waals surface area contributed by atoms with E-state index in [0.717, 1.165) is 22.9 Å². The summed E-state index contributed by atoms with van der Waals surface area (Å²) in [6.45, 7) is 6.01. The molecule has 1 heterocycles. The molecular formula is C15H18ClNO2. The minimum absolute atomic E-state index is 0.0757. The van der Waals surface area contributed by atoms with Crippen molar-refractivity contribution in [3.8, 4) is 11.6 Å². The zero-order valence-corrected chi connectivity index (χ0v) is 12.4. The zero-order valence-electron chi connectivity index (χ0n) is 11.7. The van der Waals surface area contributed by atoms with Crippen LogP contribution in [0.15, 0.2) is 18.2 Å². The highest BCUT2D eigenvalue weighted by Crippen LogP contribution is 2.32. The molecule has 0 amide bonds. The molecule has 0 unspecified atom stereocenters. The van der Waals surface area contributed by atoms with Crippen LogP contribution in [0, 0.1) is 0 Å². The number of benzene rings is 1. The molecule has 0 aliphatic carbocycles. The number of hydrogen-bond acceptors (Lipinski definition) is 3. The van der Waals surface area contributed by atoms with Crippen LogP contribution in [0.1, 0.15) is 26.3 Å². The number of fused-ring (bicyclic) bond motifs is 1. The number of methoxy groups -OCH3 is 1. The van der Waals surface area contributed by atoms with Gasteiger partial charge in [-0.05, 0) is 32.4 Å². The molecule has 2 rings (SSSR count). The summed E-state index contributed by atoms with van der Waals surface area (Å²) < 4.78 is 11.0. The van der Waals surface area contributed by atoms with Gasteiger partial charge in [0.2, 0.25) is 5.88 Å². The normalized spacial score (nSPS) is 11.1. The average molecular weight is 280 g/mol. The Bertz CT molecular complexity index is 596. The molecule has 0 bridgehead atoms. The first-order valence-corrected chi connectivity index (χ1v) is 6.76. The highest BCUT2D eigenvalue weighted by atomic mass is 35.5. The van der Waals surface area contributed by atoms with Crippen LogP contribution in [0.3, 0.4) is 0 Å². The van der Waals surface area contributed by atoms with Gasteiger partial charge >= 0.3 is 0 Å². The average Bonchev–Trinajstić information content (AvgIpc) is 2.37. The molecule has 3 nitrogen and oxygen atoms in total. The van der Waals surface area contributed by atoms with Gasteiger partial charge < -0.3 is 9.47 Å². The van der Waals surface area contributed by atoms with Gasteiger partial charge in [-0.2, -0.15) is 0 Å². The van der Waals surface area contributed by atoms with Gasteiger partial charge in [0.1, 0.15) is 5.75 Å². The first-order valence-electron chi connectivity index (χ1n) is 6.39. The molecule has 2 aromatic rings. The topological polar surface area (TPSA) is 31.4 Å². The van der Waals surface area contributed by atoms with E-state index in [2.05, 4.69) is 18.0 Å². The standard InChI is InChI=1S/C15H18ClNO2/c1-5-10-6-11-7-12(16)14(19-9(2)3)8-13(11)17-15(10)18-4/h6-9H,5H2,1-4H3. The quantitative estimate of drug-likeness (QED) is 0.838. The Morgan fingerprint density at radius 3 is 2.58 bits per heavy atom. The number of hydrogen-bond donors (Lipinski definition) is 0. The molecule has 0 aliphatic rings. The van der Waals surface area contributed by atoms with E-state index >= 15 is 0 Å². The van der Waals surface area contributed by atoms with Gasteiger partial charge in [-0.25, -0.2) is 4.98 Å². The van der Waals surface area contributed by atoms with Crippen LogP contribution >= 0.6 is 11.6 Å². The Morgan fingerprint density at radius 1 is 1.26 bits per heavy atom. The van der Waals surface area contributed by atoms with Crippen LogP contribution in [-0.2, 0) is 6.42 Å². The first kappa shape index (κ1) is 13.9. The molecule has 0 saturated heterocycles. The fourth-order valence-electron chi connectivity index (χ4n) is 1.98. The predicted molar refractivity (Wildman–Crippen MR) is 78.4 cm³/mol. The number of ether oxygens (including phenoxy) is 2. The second kappa shape index (κ2) is 5.66. The molecule has 19 heavy (non-hydrogen) atoms. The van der Waals surface area contributed by atoms with Crippen molar-refractivity contribution in [3.05, 3.63) is 28.8 Å². The van der Waals surface area contributed by atoms with E-state index < -0.39 is 0 Å². The molecule has 0 spiro atoms. The number of halogens is 1. The van der Waals surface area contributed by atoms with Crippen LogP contribution in [-0.4, -0.2) is 18.2 Å². The lowest BCUT2D eigenvalue weighted by Crippen LogP contribution is -2.06. The third kappa shape index (κ3) is 2.92. The lowest BCUT2D eigenvalue weighted by molar-refractivity contribution is 0.243. The lowest BCUT2D eigenvalue weighted by Gasteiger charge is -2.13. The Hall–Kier alpha value is -1.48. The van der Waals surface area contributed by atoms with Crippen LogP contribution < -0.4 is 9.47 Å². The summed E-state index contributed by atoms with van der Waals surface area (Å²) >= 11 is 6.23. The van der Waals surface area contributed by atoms with E-state index in [0.29, 0.717) is 16.7 Å². The van der Waals surface area contributed by atoms with E-state index in [9.17, 15) is 0 Å². The zero-order chi connectivity index (χ0) is 14.0. The Labute approximate surface area is 118 Å². The molecule has 0 atom stereocenters. The molecule has 1 aromatic carbocycles. The van der Waals surface area contributed by atoms with Gasteiger partial charge in [-0.1, -0.05) is 18.5 Å². The van der Waals surface area contributed by atoms with Crippen LogP contribution in [0.25, 0.3) is 10.9 Å². The van der Waals surface area contributed by atoms with Crippen molar-refractivity contribution >= 4 is 22.5 Å². The van der Waals surface area contributed by atoms with Gasteiger partial charge in [0, 0.05) is 17.0 Å². The second-order valence-electron chi connectivity index (χ2n) is 4.65. The fourth-order valence-corrected chi connectivity index (χ4v) is 2.19. The SMILES string of the molecule is CCc1cc2cc(Cl)c(OC(C)C)cc2nc1OC. The van der Waals surface area contributed by atoms with E-state index in [1.165, 1.54) is 0 Å². The Balaban J connectivity index is 2.58. The summed E-state index contributed by atoms with van der Waals surface area (Å²) in [5.74, 6) is 1.32. The van der Waals surface area contributed by atoms with Crippen LogP contribution in [0.2, 0.25) is 5.02 Å². The minimum atomic E-state index is 0.0757. The molecule has 0 radical (unpaired) electrons. The lowest BCUT2D eigenvalue weighted by atomic mass is 10.1. The van der Waals surface area contributed by atoms with Crippen LogP contribution in [0.4, 0.5) is 0 Å². The monoisotopic (exact) mass is 279 g/mol.